The van der Waals surface area contributed by atoms with Gasteiger partial charge in [0.25, 0.3) is 0 Å². The van der Waals surface area contributed by atoms with Crippen LogP contribution in [-0.2, 0) is 24.3 Å². The predicted molar refractivity (Wildman–Crippen MR) is 99.1 cm³/mol. The van der Waals surface area contributed by atoms with Crippen molar-refractivity contribution >= 4 is 5.91 Å². The molecule has 0 spiro atoms. The summed E-state index contributed by atoms with van der Waals surface area (Å²) in [5.74, 6) is 0.215. The second-order valence-electron chi connectivity index (χ2n) is 7.63. The van der Waals surface area contributed by atoms with E-state index < -0.39 is 0 Å². The lowest BCUT2D eigenvalue weighted by Crippen LogP contribution is -3.12. The molecule has 0 saturated carbocycles. The SMILES string of the molecule is O=C([C@@H]1CCC[NH+](Cc2cccc(F)c2)C1)N1CCc2ccccc2C1. The first-order valence-corrected chi connectivity index (χ1v) is 9.62. The van der Waals surface area contributed by atoms with Crippen LogP contribution in [0.15, 0.2) is 48.5 Å². The highest BCUT2D eigenvalue weighted by Gasteiger charge is 2.33. The minimum absolute atomic E-state index is 0.0950. The number of fused-ring (bicyclic) bond motifs is 1. The molecular formula is C22H26FN2O+. The van der Waals surface area contributed by atoms with Gasteiger partial charge in [-0.25, -0.2) is 4.39 Å². The van der Waals surface area contributed by atoms with E-state index in [-0.39, 0.29) is 11.7 Å². The molecule has 1 N–H and O–H groups in total. The number of hydrogen-bond acceptors (Lipinski definition) is 1. The summed E-state index contributed by atoms with van der Waals surface area (Å²) in [6.45, 7) is 4.28. The number of carbonyl (C=O) groups is 1. The molecule has 1 saturated heterocycles. The van der Waals surface area contributed by atoms with Crippen LogP contribution in [0.2, 0.25) is 0 Å². The summed E-state index contributed by atoms with van der Waals surface area (Å²) in [5, 5.41) is 0. The summed E-state index contributed by atoms with van der Waals surface area (Å²) in [4.78, 5) is 16.5. The van der Waals surface area contributed by atoms with E-state index in [9.17, 15) is 9.18 Å². The highest BCUT2D eigenvalue weighted by atomic mass is 19.1. The Morgan fingerprint density at radius 2 is 2.00 bits per heavy atom. The molecule has 2 atom stereocenters. The molecule has 2 aromatic carbocycles. The van der Waals surface area contributed by atoms with Crippen LogP contribution >= 0.6 is 0 Å². The van der Waals surface area contributed by atoms with E-state index in [2.05, 4.69) is 24.3 Å². The summed E-state index contributed by atoms with van der Waals surface area (Å²) < 4.78 is 13.4. The number of nitrogens with one attached hydrogen (secondary N) is 1. The predicted octanol–water partition coefficient (Wildman–Crippen LogP) is 2.21. The highest BCUT2D eigenvalue weighted by Crippen LogP contribution is 2.21. The zero-order chi connectivity index (χ0) is 17.9. The Kier molecular flexibility index (Phi) is 5.02. The van der Waals surface area contributed by atoms with E-state index in [0.29, 0.717) is 5.91 Å². The van der Waals surface area contributed by atoms with E-state index in [0.717, 1.165) is 57.5 Å². The number of nitrogens with zero attached hydrogens (tertiary/aromatic N) is 1. The Labute approximate surface area is 154 Å². The second kappa shape index (κ2) is 7.58. The van der Waals surface area contributed by atoms with Crippen molar-refractivity contribution in [3.05, 3.63) is 71.0 Å². The van der Waals surface area contributed by atoms with Gasteiger partial charge in [-0.2, -0.15) is 0 Å². The molecule has 136 valence electrons. The fourth-order valence-corrected chi connectivity index (χ4v) is 4.40. The van der Waals surface area contributed by atoms with Crippen LogP contribution in [0.5, 0.6) is 0 Å². The summed E-state index contributed by atoms with van der Waals surface area (Å²) in [6, 6.07) is 15.3. The summed E-state index contributed by atoms with van der Waals surface area (Å²) in [6.07, 6.45) is 2.99. The third kappa shape index (κ3) is 3.80. The first-order chi connectivity index (χ1) is 12.7. The van der Waals surface area contributed by atoms with Gasteiger partial charge in [0, 0.05) is 18.7 Å². The number of amides is 1. The third-order valence-corrected chi connectivity index (χ3v) is 5.75. The molecule has 2 aromatic rings. The molecule has 2 aliphatic rings. The van der Waals surface area contributed by atoms with Crippen LogP contribution in [0.1, 0.15) is 29.5 Å². The molecule has 1 amide bonds. The molecule has 26 heavy (non-hydrogen) atoms. The van der Waals surface area contributed by atoms with Gasteiger partial charge in [0.15, 0.2) is 0 Å². The molecule has 3 nitrogen and oxygen atoms in total. The minimum atomic E-state index is -0.182. The minimum Gasteiger partial charge on any atom is -0.338 e. The van der Waals surface area contributed by atoms with Crippen LogP contribution in [0.4, 0.5) is 4.39 Å². The van der Waals surface area contributed by atoms with Crippen molar-refractivity contribution in [1.82, 2.24) is 4.90 Å². The Balaban J connectivity index is 1.39. The molecule has 2 heterocycles. The van der Waals surface area contributed by atoms with Crippen LogP contribution in [0.3, 0.4) is 0 Å². The Hall–Kier alpha value is -2.20. The van der Waals surface area contributed by atoms with Crippen molar-refractivity contribution in [2.45, 2.75) is 32.4 Å². The summed E-state index contributed by atoms with van der Waals surface area (Å²) in [5.41, 5.74) is 3.67. The largest absolute Gasteiger partial charge is 0.338 e. The maximum atomic E-state index is 13.4. The van der Waals surface area contributed by atoms with Crippen LogP contribution < -0.4 is 4.90 Å². The lowest BCUT2D eigenvalue weighted by molar-refractivity contribution is -0.921. The standard InChI is InChI=1S/C22H25FN2O/c23-21-9-3-5-17(13-21)14-24-11-4-8-20(15-24)22(26)25-12-10-18-6-1-2-7-19(18)16-25/h1-3,5-7,9,13,20H,4,8,10-12,14-16H2/p+1/t20-/m1/s1. The monoisotopic (exact) mass is 353 g/mol. The van der Waals surface area contributed by atoms with Gasteiger partial charge in [-0.1, -0.05) is 36.4 Å². The van der Waals surface area contributed by atoms with Gasteiger partial charge in [-0.05, 0) is 42.5 Å². The smallest absolute Gasteiger partial charge is 0.231 e. The van der Waals surface area contributed by atoms with E-state index in [4.69, 9.17) is 0 Å². The normalized spacial score (nSPS) is 22.7. The van der Waals surface area contributed by atoms with Gasteiger partial charge >= 0.3 is 0 Å². The first kappa shape index (κ1) is 17.2. The molecule has 0 aromatic heterocycles. The molecule has 2 aliphatic heterocycles. The molecule has 0 radical (unpaired) electrons. The average molecular weight is 353 g/mol. The third-order valence-electron chi connectivity index (χ3n) is 5.75. The summed E-state index contributed by atoms with van der Waals surface area (Å²) in [7, 11) is 0. The van der Waals surface area contributed by atoms with Gasteiger partial charge in [0.1, 0.15) is 12.4 Å². The van der Waals surface area contributed by atoms with Crippen molar-refractivity contribution in [1.29, 1.82) is 0 Å². The van der Waals surface area contributed by atoms with E-state index in [1.807, 2.05) is 11.0 Å². The number of piperidine rings is 1. The quantitative estimate of drug-likeness (QED) is 0.899. The molecule has 4 rings (SSSR count). The number of halogens is 1. The Morgan fingerprint density at radius 3 is 2.85 bits per heavy atom. The van der Waals surface area contributed by atoms with Crippen molar-refractivity contribution < 1.29 is 14.1 Å². The zero-order valence-electron chi connectivity index (χ0n) is 15.1. The second-order valence-corrected chi connectivity index (χ2v) is 7.63. The summed E-state index contributed by atoms with van der Waals surface area (Å²) >= 11 is 0. The van der Waals surface area contributed by atoms with Crippen LogP contribution in [0.25, 0.3) is 0 Å². The maximum absolute atomic E-state index is 13.4. The average Bonchev–Trinajstić information content (AvgIpc) is 2.67. The zero-order valence-corrected chi connectivity index (χ0v) is 15.1. The van der Waals surface area contributed by atoms with Crippen molar-refractivity contribution in [3.8, 4) is 0 Å². The van der Waals surface area contributed by atoms with Crippen molar-refractivity contribution in [2.24, 2.45) is 5.92 Å². The van der Waals surface area contributed by atoms with Gasteiger partial charge in [0.2, 0.25) is 5.91 Å². The van der Waals surface area contributed by atoms with Gasteiger partial charge in [-0.15, -0.1) is 0 Å². The Bertz CT molecular complexity index is 791. The highest BCUT2D eigenvalue weighted by molar-refractivity contribution is 5.79. The number of quaternary nitrogens is 1. The number of rotatable bonds is 3. The maximum Gasteiger partial charge on any atom is 0.231 e. The van der Waals surface area contributed by atoms with Crippen LogP contribution in [-0.4, -0.2) is 30.4 Å². The molecule has 0 bridgehead atoms. The van der Waals surface area contributed by atoms with Gasteiger partial charge in [-0.3, -0.25) is 4.79 Å². The fourth-order valence-electron chi connectivity index (χ4n) is 4.40. The number of hydrogen-bond donors (Lipinski definition) is 1. The number of carbonyl (C=O) groups excluding carboxylic acids is 1. The van der Waals surface area contributed by atoms with Crippen molar-refractivity contribution in [3.63, 3.8) is 0 Å². The van der Waals surface area contributed by atoms with Gasteiger partial charge < -0.3 is 9.80 Å². The topological polar surface area (TPSA) is 24.8 Å². The van der Waals surface area contributed by atoms with E-state index in [1.165, 1.54) is 22.1 Å². The molecule has 1 fully saturated rings. The fraction of sp³-hybridized carbons (Fsp3) is 0.409. The molecule has 1 unspecified atom stereocenters. The van der Waals surface area contributed by atoms with Gasteiger partial charge in [0.05, 0.1) is 19.0 Å². The van der Waals surface area contributed by atoms with E-state index >= 15 is 0 Å². The van der Waals surface area contributed by atoms with E-state index in [1.54, 1.807) is 12.1 Å². The first-order valence-electron chi connectivity index (χ1n) is 9.62. The molecule has 0 aliphatic carbocycles. The van der Waals surface area contributed by atoms with Crippen molar-refractivity contribution in [2.75, 3.05) is 19.6 Å². The number of likely N-dealkylation sites (tertiary alicyclic amines) is 1. The van der Waals surface area contributed by atoms with Crippen LogP contribution in [0, 0.1) is 11.7 Å². The number of benzene rings is 2. The Morgan fingerprint density at radius 1 is 1.15 bits per heavy atom. The lowest BCUT2D eigenvalue weighted by Gasteiger charge is -2.35. The lowest BCUT2D eigenvalue weighted by atomic mass is 9.93. The molecule has 4 heteroatoms. The molecular weight excluding hydrogens is 327 g/mol.